The Hall–Kier alpha value is -3.07. The molecule has 1 N–H and O–H groups in total. The highest BCUT2D eigenvalue weighted by molar-refractivity contribution is 5.70. The Morgan fingerprint density at radius 2 is 2.11 bits per heavy atom. The molecule has 0 saturated carbocycles. The number of aliphatic hydroxyl groups excluding tert-OH is 1. The Bertz CT molecular complexity index is 902. The maximum atomic E-state index is 12.5. The highest BCUT2D eigenvalue weighted by Crippen LogP contribution is 2.32. The van der Waals surface area contributed by atoms with E-state index < -0.39 is 6.61 Å². The van der Waals surface area contributed by atoms with Crippen LogP contribution in [0.2, 0.25) is 0 Å². The molecule has 0 spiro atoms. The summed E-state index contributed by atoms with van der Waals surface area (Å²) in [4.78, 5) is 4.34. The fraction of sp³-hybridized carbons (Fsp3) is 0.278. The molecular weight excluding hydrogens is 358 g/mol. The normalized spacial score (nSPS) is 11.0. The van der Waals surface area contributed by atoms with Gasteiger partial charge in [0.2, 0.25) is 5.88 Å². The van der Waals surface area contributed by atoms with Gasteiger partial charge in [-0.15, -0.1) is 5.10 Å². The van der Waals surface area contributed by atoms with E-state index >= 15 is 0 Å². The first-order valence-corrected chi connectivity index (χ1v) is 8.26. The van der Waals surface area contributed by atoms with E-state index in [1.165, 1.54) is 12.1 Å². The topological polar surface area (TPSA) is 82.3 Å². The van der Waals surface area contributed by atoms with E-state index in [-0.39, 0.29) is 12.4 Å². The Labute approximate surface area is 154 Å². The molecule has 7 nitrogen and oxygen atoms in total. The molecular formula is C18H18F2N4O3. The molecule has 1 aromatic carbocycles. The van der Waals surface area contributed by atoms with Gasteiger partial charge in [-0.1, -0.05) is 17.3 Å². The quantitative estimate of drug-likeness (QED) is 0.651. The third kappa shape index (κ3) is 4.76. The van der Waals surface area contributed by atoms with Crippen LogP contribution in [0.15, 0.2) is 42.7 Å². The third-order valence-electron chi connectivity index (χ3n) is 3.65. The van der Waals surface area contributed by atoms with Crippen LogP contribution in [0.5, 0.6) is 11.6 Å². The number of hydrogen-bond donors (Lipinski definition) is 1. The minimum absolute atomic E-state index is 0.0548. The standard InChI is InChI=1S/C18H18F2N4O3/c1-2-26-17-16(13-4-3-5-15(7-13)27-18(19)20)6-12(8-21-17)9-24-10-14(11-25)22-23-24/h3-8,10,18,25H,2,9,11H2,1H3. The zero-order valence-electron chi connectivity index (χ0n) is 14.5. The van der Waals surface area contributed by atoms with Gasteiger partial charge in [0, 0.05) is 11.8 Å². The summed E-state index contributed by atoms with van der Waals surface area (Å²) in [7, 11) is 0. The lowest BCUT2D eigenvalue weighted by Crippen LogP contribution is -2.04. The molecule has 9 heteroatoms. The molecule has 3 aromatic rings. The third-order valence-corrected chi connectivity index (χ3v) is 3.65. The highest BCUT2D eigenvalue weighted by atomic mass is 19.3. The van der Waals surface area contributed by atoms with E-state index in [0.717, 1.165) is 5.56 Å². The fourth-order valence-electron chi connectivity index (χ4n) is 2.56. The van der Waals surface area contributed by atoms with E-state index in [0.29, 0.717) is 35.9 Å². The first kappa shape index (κ1) is 18.7. The number of rotatable bonds is 8. The average molecular weight is 376 g/mol. The van der Waals surface area contributed by atoms with Gasteiger partial charge in [0.15, 0.2) is 0 Å². The van der Waals surface area contributed by atoms with Crippen molar-refractivity contribution in [2.75, 3.05) is 6.61 Å². The van der Waals surface area contributed by atoms with Crippen molar-refractivity contribution in [1.29, 1.82) is 0 Å². The molecule has 0 aliphatic rings. The van der Waals surface area contributed by atoms with Gasteiger partial charge in [0.05, 0.1) is 26.0 Å². The monoisotopic (exact) mass is 376 g/mol. The van der Waals surface area contributed by atoms with Crippen molar-refractivity contribution < 1.29 is 23.4 Å². The van der Waals surface area contributed by atoms with Gasteiger partial charge < -0.3 is 14.6 Å². The van der Waals surface area contributed by atoms with Crippen molar-refractivity contribution in [2.45, 2.75) is 26.7 Å². The summed E-state index contributed by atoms with van der Waals surface area (Å²) in [5.41, 5.74) is 2.56. The van der Waals surface area contributed by atoms with Crippen LogP contribution in [0.1, 0.15) is 18.2 Å². The summed E-state index contributed by atoms with van der Waals surface area (Å²) in [5.74, 6) is 0.448. The number of benzene rings is 1. The number of halogens is 2. The molecule has 0 atom stereocenters. The summed E-state index contributed by atoms with van der Waals surface area (Å²) >= 11 is 0. The largest absolute Gasteiger partial charge is 0.478 e. The SMILES string of the molecule is CCOc1ncc(Cn2cc(CO)nn2)cc1-c1cccc(OC(F)F)c1. The second-order valence-electron chi connectivity index (χ2n) is 5.60. The minimum atomic E-state index is -2.90. The number of hydrogen-bond acceptors (Lipinski definition) is 6. The molecule has 0 aliphatic heterocycles. The van der Waals surface area contributed by atoms with Gasteiger partial charge in [-0.05, 0) is 36.2 Å². The second-order valence-corrected chi connectivity index (χ2v) is 5.60. The molecule has 0 radical (unpaired) electrons. The smallest absolute Gasteiger partial charge is 0.387 e. The molecule has 0 unspecified atom stereocenters. The molecule has 0 bridgehead atoms. The molecule has 27 heavy (non-hydrogen) atoms. The predicted octanol–water partition coefficient (Wildman–Crippen LogP) is 2.88. The van der Waals surface area contributed by atoms with Crippen LogP contribution < -0.4 is 9.47 Å². The number of pyridine rings is 1. The maximum absolute atomic E-state index is 12.5. The molecule has 2 aromatic heterocycles. The van der Waals surface area contributed by atoms with Crippen molar-refractivity contribution in [3.63, 3.8) is 0 Å². The van der Waals surface area contributed by atoms with Crippen LogP contribution in [0.4, 0.5) is 8.78 Å². The zero-order chi connectivity index (χ0) is 19.2. The van der Waals surface area contributed by atoms with Crippen LogP contribution in [-0.2, 0) is 13.2 Å². The lowest BCUT2D eigenvalue weighted by atomic mass is 10.0. The molecule has 0 fully saturated rings. The van der Waals surface area contributed by atoms with Crippen molar-refractivity contribution in [1.82, 2.24) is 20.0 Å². The first-order chi connectivity index (χ1) is 13.1. The number of alkyl halides is 2. The predicted molar refractivity (Wildman–Crippen MR) is 92.5 cm³/mol. The summed E-state index contributed by atoms with van der Waals surface area (Å²) in [6, 6.07) is 8.20. The number of aromatic nitrogens is 4. The fourth-order valence-corrected chi connectivity index (χ4v) is 2.56. The summed E-state index contributed by atoms with van der Waals surface area (Å²) in [5, 5.41) is 16.8. The zero-order valence-corrected chi connectivity index (χ0v) is 14.5. The van der Waals surface area contributed by atoms with Crippen LogP contribution in [-0.4, -0.2) is 38.3 Å². The highest BCUT2D eigenvalue weighted by Gasteiger charge is 2.12. The van der Waals surface area contributed by atoms with Gasteiger partial charge in [-0.25, -0.2) is 9.67 Å². The lowest BCUT2D eigenvalue weighted by molar-refractivity contribution is -0.0498. The van der Waals surface area contributed by atoms with Crippen molar-refractivity contribution in [3.8, 4) is 22.8 Å². The summed E-state index contributed by atoms with van der Waals surface area (Å²) < 4.78 is 36.6. The Balaban J connectivity index is 1.94. The van der Waals surface area contributed by atoms with Gasteiger partial charge in [0.1, 0.15) is 11.4 Å². The Kier molecular flexibility index (Phi) is 5.92. The van der Waals surface area contributed by atoms with Crippen LogP contribution >= 0.6 is 0 Å². The van der Waals surface area contributed by atoms with E-state index in [9.17, 15) is 8.78 Å². The molecule has 142 valence electrons. The molecule has 2 heterocycles. The van der Waals surface area contributed by atoms with Crippen molar-refractivity contribution in [2.24, 2.45) is 0 Å². The van der Waals surface area contributed by atoms with Crippen molar-refractivity contribution >= 4 is 0 Å². The Morgan fingerprint density at radius 1 is 1.26 bits per heavy atom. The molecule has 0 amide bonds. The molecule has 3 rings (SSSR count). The first-order valence-electron chi connectivity index (χ1n) is 8.26. The van der Waals surface area contributed by atoms with E-state index in [1.54, 1.807) is 29.2 Å². The van der Waals surface area contributed by atoms with Crippen LogP contribution in [0.25, 0.3) is 11.1 Å². The number of nitrogens with zero attached hydrogens (tertiary/aromatic N) is 4. The number of aliphatic hydroxyl groups is 1. The Morgan fingerprint density at radius 3 is 2.81 bits per heavy atom. The van der Waals surface area contributed by atoms with Crippen LogP contribution in [0, 0.1) is 0 Å². The second kappa shape index (κ2) is 8.54. The number of ether oxygens (including phenoxy) is 2. The van der Waals surface area contributed by atoms with Gasteiger partial charge in [-0.3, -0.25) is 0 Å². The maximum Gasteiger partial charge on any atom is 0.387 e. The van der Waals surface area contributed by atoms with Crippen LogP contribution in [0.3, 0.4) is 0 Å². The van der Waals surface area contributed by atoms with Gasteiger partial charge in [0.25, 0.3) is 0 Å². The van der Waals surface area contributed by atoms with Crippen molar-refractivity contribution in [3.05, 3.63) is 54.0 Å². The average Bonchev–Trinajstić information content (AvgIpc) is 3.10. The van der Waals surface area contributed by atoms with E-state index in [4.69, 9.17) is 9.84 Å². The lowest BCUT2D eigenvalue weighted by Gasteiger charge is -2.12. The minimum Gasteiger partial charge on any atom is -0.478 e. The van der Waals surface area contributed by atoms with Gasteiger partial charge >= 0.3 is 6.61 Å². The summed E-state index contributed by atoms with van der Waals surface area (Å²) in [6.45, 7) is -0.461. The molecule has 0 aliphatic carbocycles. The van der Waals surface area contributed by atoms with E-state index in [1.807, 2.05) is 13.0 Å². The molecule has 0 saturated heterocycles. The van der Waals surface area contributed by atoms with Gasteiger partial charge in [-0.2, -0.15) is 8.78 Å². The summed E-state index contributed by atoms with van der Waals surface area (Å²) in [6.07, 6.45) is 3.28. The van der Waals surface area contributed by atoms with E-state index in [2.05, 4.69) is 20.0 Å².